The van der Waals surface area contributed by atoms with Crippen LogP contribution in [0.25, 0.3) is 10.1 Å². The largest absolute Gasteiger partial charge is 0.144 e. The second kappa shape index (κ2) is 3.51. The first kappa shape index (κ1) is 8.76. The van der Waals surface area contributed by atoms with E-state index >= 15 is 0 Å². The van der Waals surface area contributed by atoms with Crippen LogP contribution in [0.4, 0.5) is 0 Å². The summed E-state index contributed by atoms with van der Waals surface area (Å²) in [6.45, 7) is 4.55. The number of fused-ring (bicyclic) bond motifs is 1. The van der Waals surface area contributed by atoms with E-state index in [1.54, 1.807) is 0 Å². The van der Waals surface area contributed by atoms with E-state index in [1.807, 2.05) is 11.3 Å². The van der Waals surface area contributed by atoms with E-state index in [-0.39, 0.29) is 0 Å². The molecule has 2 rings (SSSR count). The SMILES string of the molecule is CCC(C)c1cccc2ccsc12. The molecule has 0 bridgehead atoms. The van der Waals surface area contributed by atoms with Gasteiger partial charge in [0.05, 0.1) is 0 Å². The molecule has 68 valence electrons. The van der Waals surface area contributed by atoms with Gasteiger partial charge in [-0.2, -0.15) is 0 Å². The van der Waals surface area contributed by atoms with E-state index in [9.17, 15) is 0 Å². The molecule has 0 radical (unpaired) electrons. The zero-order valence-electron chi connectivity index (χ0n) is 8.08. The van der Waals surface area contributed by atoms with Crippen molar-refractivity contribution in [2.24, 2.45) is 0 Å². The lowest BCUT2D eigenvalue weighted by atomic mass is 9.98. The fourth-order valence-electron chi connectivity index (χ4n) is 1.62. The van der Waals surface area contributed by atoms with Gasteiger partial charge in [0.15, 0.2) is 0 Å². The van der Waals surface area contributed by atoms with Crippen LogP contribution in [0.15, 0.2) is 29.6 Å². The van der Waals surface area contributed by atoms with Gasteiger partial charge in [0.1, 0.15) is 0 Å². The van der Waals surface area contributed by atoms with Crippen molar-refractivity contribution in [3.05, 3.63) is 35.2 Å². The zero-order chi connectivity index (χ0) is 9.26. The molecule has 0 aliphatic rings. The summed E-state index contributed by atoms with van der Waals surface area (Å²) in [5, 5.41) is 3.57. The first-order valence-electron chi connectivity index (χ1n) is 4.79. The van der Waals surface area contributed by atoms with E-state index in [2.05, 4.69) is 43.5 Å². The van der Waals surface area contributed by atoms with Gasteiger partial charge in [-0.25, -0.2) is 0 Å². The summed E-state index contributed by atoms with van der Waals surface area (Å²) >= 11 is 1.86. The van der Waals surface area contributed by atoms with Crippen molar-refractivity contribution in [1.29, 1.82) is 0 Å². The van der Waals surface area contributed by atoms with Crippen LogP contribution in [0.3, 0.4) is 0 Å². The minimum Gasteiger partial charge on any atom is -0.144 e. The lowest BCUT2D eigenvalue weighted by Gasteiger charge is -2.09. The molecule has 0 spiro atoms. The van der Waals surface area contributed by atoms with Crippen LogP contribution >= 0.6 is 11.3 Å². The van der Waals surface area contributed by atoms with E-state index in [4.69, 9.17) is 0 Å². The Hall–Kier alpha value is -0.820. The van der Waals surface area contributed by atoms with Crippen LogP contribution < -0.4 is 0 Å². The van der Waals surface area contributed by atoms with Crippen molar-refractivity contribution in [2.75, 3.05) is 0 Å². The Bertz CT molecular complexity index is 400. The number of hydrogen-bond donors (Lipinski definition) is 0. The Balaban J connectivity index is 2.60. The second-order valence-electron chi connectivity index (χ2n) is 3.50. The van der Waals surface area contributed by atoms with E-state index < -0.39 is 0 Å². The molecule has 13 heavy (non-hydrogen) atoms. The maximum atomic E-state index is 2.30. The third-order valence-electron chi connectivity index (χ3n) is 2.65. The highest BCUT2D eigenvalue weighted by atomic mass is 32.1. The van der Waals surface area contributed by atoms with Gasteiger partial charge in [-0.1, -0.05) is 32.0 Å². The molecular weight excluding hydrogens is 176 g/mol. The first-order valence-corrected chi connectivity index (χ1v) is 5.67. The lowest BCUT2D eigenvalue weighted by Crippen LogP contribution is -1.90. The highest BCUT2D eigenvalue weighted by Gasteiger charge is 2.07. The van der Waals surface area contributed by atoms with Crippen molar-refractivity contribution in [3.63, 3.8) is 0 Å². The van der Waals surface area contributed by atoms with Crippen molar-refractivity contribution in [2.45, 2.75) is 26.2 Å². The van der Waals surface area contributed by atoms with Crippen molar-refractivity contribution in [3.8, 4) is 0 Å². The van der Waals surface area contributed by atoms with Gasteiger partial charge in [-0.3, -0.25) is 0 Å². The summed E-state index contributed by atoms with van der Waals surface area (Å²) in [7, 11) is 0. The molecule has 0 saturated heterocycles. The fourth-order valence-corrected chi connectivity index (χ4v) is 2.65. The summed E-state index contributed by atoms with van der Waals surface area (Å²) in [5.74, 6) is 0.683. The van der Waals surface area contributed by atoms with Gasteiger partial charge in [-0.05, 0) is 34.7 Å². The maximum Gasteiger partial charge on any atom is 0.0377 e. The summed E-state index contributed by atoms with van der Waals surface area (Å²) in [4.78, 5) is 0. The van der Waals surface area contributed by atoms with E-state index in [0.717, 1.165) is 0 Å². The average molecular weight is 190 g/mol. The molecule has 0 aliphatic heterocycles. The van der Waals surface area contributed by atoms with E-state index in [1.165, 1.54) is 22.1 Å². The Labute approximate surface area is 83.2 Å². The summed E-state index contributed by atoms with van der Waals surface area (Å²) in [5.41, 5.74) is 1.51. The molecule has 1 aromatic heterocycles. The molecule has 0 fully saturated rings. The van der Waals surface area contributed by atoms with Gasteiger partial charge in [0, 0.05) is 4.70 Å². The maximum absolute atomic E-state index is 2.30. The number of rotatable bonds is 2. The smallest absolute Gasteiger partial charge is 0.0377 e. The predicted molar refractivity (Wildman–Crippen MR) is 60.5 cm³/mol. The topological polar surface area (TPSA) is 0 Å². The minimum absolute atomic E-state index is 0.683. The molecule has 1 heteroatoms. The Morgan fingerprint density at radius 2 is 2.15 bits per heavy atom. The van der Waals surface area contributed by atoms with Crippen LogP contribution in [0.5, 0.6) is 0 Å². The third-order valence-corrected chi connectivity index (χ3v) is 3.63. The molecule has 0 saturated carbocycles. The quantitative estimate of drug-likeness (QED) is 0.657. The molecule has 2 aromatic rings. The lowest BCUT2D eigenvalue weighted by molar-refractivity contribution is 0.740. The highest BCUT2D eigenvalue weighted by molar-refractivity contribution is 7.17. The Morgan fingerprint density at radius 3 is 2.92 bits per heavy atom. The van der Waals surface area contributed by atoms with Gasteiger partial charge in [0.25, 0.3) is 0 Å². The average Bonchev–Trinajstić information content (AvgIpc) is 2.63. The van der Waals surface area contributed by atoms with Gasteiger partial charge < -0.3 is 0 Å². The summed E-state index contributed by atoms with van der Waals surface area (Å²) in [6, 6.07) is 8.81. The van der Waals surface area contributed by atoms with Crippen LogP contribution in [0.2, 0.25) is 0 Å². The van der Waals surface area contributed by atoms with Gasteiger partial charge in [0.2, 0.25) is 0 Å². The van der Waals surface area contributed by atoms with Gasteiger partial charge >= 0.3 is 0 Å². The molecule has 0 N–H and O–H groups in total. The highest BCUT2D eigenvalue weighted by Crippen LogP contribution is 2.30. The summed E-state index contributed by atoms with van der Waals surface area (Å²) in [6.07, 6.45) is 1.22. The second-order valence-corrected chi connectivity index (χ2v) is 4.41. The number of benzene rings is 1. The number of hydrogen-bond acceptors (Lipinski definition) is 1. The zero-order valence-corrected chi connectivity index (χ0v) is 8.90. The predicted octanol–water partition coefficient (Wildman–Crippen LogP) is 4.41. The van der Waals surface area contributed by atoms with Crippen LogP contribution in [-0.4, -0.2) is 0 Å². The monoisotopic (exact) mass is 190 g/mol. The molecule has 0 aliphatic carbocycles. The summed E-state index contributed by atoms with van der Waals surface area (Å²) < 4.78 is 1.47. The van der Waals surface area contributed by atoms with Crippen LogP contribution in [0.1, 0.15) is 31.7 Å². The standard InChI is InChI=1S/C12H14S/c1-3-9(2)11-6-4-5-10-7-8-13-12(10)11/h4-9H,3H2,1-2H3. The van der Waals surface area contributed by atoms with Crippen LogP contribution in [-0.2, 0) is 0 Å². The minimum atomic E-state index is 0.683. The van der Waals surface area contributed by atoms with Crippen molar-refractivity contribution >= 4 is 21.4 Å². The molecule has 1 atom stereocenters. The van der Waals surface area contributed by atoms with Crippen molar-refractivity contribution in [1.82, 2.24) is 0 Å². The molecule has 1 unspecified atom stereocenters. The normalized spacial score (nSPS) is 13.4. The molecule has 1 heterocycles. The van der Waals surface area contributed by atoms with Gasteiger partial charge in [-0.15, -0.1) is 11.3 Å². The third kappa shape index (κ3) is 1.49. The fraction of sp³-hybridized carbons (Fsp3) is 0.333. The molecule has 1 aromatic carbocycles. The molecule has 0 amide bonds. The van der Waals surface area contributed by atoms with Crippen molar-refractivity contribution < 1.29 is 0 Å². The van der Waals surface area contributed by atoms with Crippen LogP contribution in [0, 0.1) is 0 Å². The molecule has 0 nitrogen and oxygen atoms in total. The Morgan fingerprint density at radius 1 is 1.31 bits per heavy atom. The molecular formula is C12H14S. The first-order chi connectivity index (χ1) is 6.33. The Kier molecular flexibility index (Phi) is 2.36. The van der Waals surface area contributed by atoms with E-state index in [0.29, 0.717) is 5.92 Å². The number of thiophene rings is 1.